The van der Waals surface area contributed by atoms with Crippen molar-refractivity contribution in [3.8, 4) is 0 Å². The lowest BCUT2D eigenvalue weighted by Gasteiger charge is -2.36. The SMILES string of the molecule is NC(=O)C1CC2(CCC3(CC3)NC2=O)CN1. The summed E-state index contributed by atoms with van der Waals surface area (Å²) in [7, 11) is 0. The number of piperidine rings is 1. The van der Waals surface area contributed by atoms with Crippen molar-refractivity contribution in [1.82, 2.24) is 10.6 Å². The zero-order chi connectivity index (χ0) is 11.4. The summed E-state index contributed by atoms with van der Waals surface area (Å²) in [5.74, 6) is -0.233. The molecule has 2 unspecified atom stereocenters. The number of carbonyl (C=O) groups is 2. The molecule has 3 rings (SSSR count). The quantitative estimate of drug-likeness (QED) is 0.547. The first kappa shape index (κ1) is 10.1. The highest BCUT2D eigenvalue weighted by Gasteiger charge is 2.56. The lowest BCUT2D eigenvalue weighted by atomic mass is 9.75. The van der Waals surface area contributed by atoms with Gasteiger partial charge < -0.3 is 16.4 Å². The second-order valence-electron chi connectivity index (χ2n) is 5.55. The minimum absolute atomic E-state index is 0.118. The van der Waals surface area contributed by atoms with Crippen molar-refractivity contribution in [2.75, 3.05) is 6.54 Å². The number of hydrogen-bond acceptors (Lipinski definition) is 3. The molecular weight excluding hydrogens is 206 g/mol. The van der Waals surface area contributed by atoms with Crippen LogP contribution in [0.2, 0.25) is 0 Å². The van der Waals surface area contributed by atoms with Gasteiger partial charge in [-0.2, -0.15) is 0 Å². The van der Waals surface area contributed by atoms with Gasteiger partial charge in [0.1, 0.15) is 0 Å². The van der Waals surface area contributed by atoms with Crippen LogP contribution in [0.15, 0.2) is 0 Å². The molecule has 2 atom stereocenters. The van der Waals surface area contributed by atoms with E-state index in [9.17, 15) is 9.59 Å². The van der Waals surface area contributed by atoms with Gasteiger partial charge in [0.25, 0.3) is 0 Å². The normalized spacial score (nSPS) is 40.0. The summed E-state index contributed by atoms with van der Waals surface area (Å²) in [6, 6.07) is -0.334. The molecule has 2 amide bonds. The maximum absolute atomic E-state index is 12.1. The smallest absolute Gasteiger partial charge is 0.234 e. The van der Waals surface area contributed by atoms with E-state index in [0.29, 0.717) is 13.0 Å². The number of amides is 2. The van der Waals surface area contributed by atoms with Gasteiger partial charge in [0.05, 0.1) is 11.5 Å². The molecular formula is C11H17N3O2. The van der Waals surface area contributed by atoms with Gasteiger partial charge in [-0.05, 0) is 32.1 Å². The topological polar surface area (TPSA) is 84.2 Å². The lowest BCUT2D eigenvalue weighted by molar-refractivity contribution is -0.134. The first-order valence-electron chi connectivity index (χ1n) is 5.91. The van der Waals surface area contributed by atoms with E-state index < -0.39 is 0 Å². The standard InChI is InChI=1S/C11H17N3O2/c12-8(15)7-5-10(6-13-7)1-2-11(3-4-11)14-9(10)16/h7,13H,1-6H2,(H2,12,15)(H,14,16). The molecule has 1 aliphatic carbocycles. The molecule has 0 aromatic heterocycles. The third-order valence-corrected chi connectivity index (χ3v) is 4.42. The molecule has 0 radical (unpaired) electrons. The van der Waals surface area contributed by atoms with Gasteiger partial charge in [-0.1, -0.05) is 0 Å². The fourth-order valence-electron chi connectivity index (χ4n) is 2.97. The molecule has 5 heteroatoms. The Kier molecular flexibility index (Phi) is 1.87. The minimum Gasteiger partial charge on any atom is -0.368 e. The second kappa shape index (κ2) is 2.97. The first-order valence-corrected chi connectivity index (χ1v) is 5.91. The first-order chi connectivity index (χ1) is 7.55. The van der Waals surface area contributed by atoms with E-state index in [0.717, 1.165) is 25.7 Å². The fourth-order valence-corrected chi connectivity index (χ4v) is 2.97. The molecule has 88 valence electrons. The third kappa shape index (κ3) is 1.34. The van der Waals surface area contributed by atoms with Crippen molar-refractivity contribution in [3.05, 3.63) is 0 Å². The molecule has 0 aromatic rings. The largest absolute Gasteiger partial charge is 0.368 e. The Balaban J connectivity index is 1.75. The van der Waals surface area contributed by atoms with Gasteiger partial charge in [0.2, 0.25) is 11.8 Å². The zero-order valence-electron chi connectivity index (χ0n) is 9.21. The Morgan fingerprint density at radius 1 is 1.31 bits per heavy atom. The number of nitrogens with two attached hydrogens (primary N) is 1. The molecule has 2 heterocycles. The number of rotatable bonds is 1. The van der Waals surface area contributed by atoms with E-state index in [1.807, 2.05) is 0 Å². The van der Waals surface area contributed by atoms with Crippen LogP contribution in [0.25, 0.3) is 0 Å². The molecule has 16 heavy (non-hydrogen) atoms. The Labute approximate surface area is 94.1 Å². The van der Waals surface area contributed by atoms with Crippen LogP contribution >= 0.6 is 0 Å². The fraction of sp³-hybridized carbons (Fsp3) is 0.818. The van der Waals surface area contributed by atoms with Crippen molar-refractivity contribution in [3.63, 3.8) is 0 Å². The molecule has 2 saturated heterocycles. The van der Waals surface area contributed by atoms with Gasteiger partial charge in [-0.25, -0.2) is 0 Å². The van der Waals surface area contributed by atoms with Crippen molar-refractivity contribution < 1.29 is 9.59 Å². The maximum Gasteiger partial charge on any atom is 0.234 e. The molecule has 2 aliphatic heterocycles. The van der Waals surface area contributed by atoms with E-state index in [2.05, 4.69) is 10.6 Å². The summed E-state index contributed by atoms with van der Waals surface area (Å²) in [6.45, 7) is 0.586. The van der Waals surface area contributed by atoms with Crippen molar-refractivity contribution in [1.29, 1.82) is 0 Å². The van der Waals surface area contributed by atoms with Gasteiger partial charge in [-0.3, -0.25) is 9.59 Å². The van der Waals surface area contributed by atoms with Crippen LogP contribution in [-0.4, -0.2) is 29.9 Å². The van der Waals surface area contributed by atoms with Crippen LogP contribution in [0.4, 0.5) is 0 Å². The summed E-state index contributed by atoms with van der Waals surface area (Å²) in [6.07, 6.45) is 4.72. The van der Waals surface area contributed by atoms with Crippen molar-refractivity contribution in [2.24, 2.45) is 11.1 Å². The Morgan fingerprint density at radius 3 is 2.50 bits per heavy atom. The average Bonchev–Trinajstić information content (AvgIpc) is 2.84. The molecule has 3 fully saturated rings. The Morgan fingerprint density at radius 2 is 2.00 bits per heavy atom. The lowest BCUT2D eigenvalue weighted by Crippen LogP contribution is -2.53. The van der Waals surface area contributed by atoms with E-state index >= 15 is 0 Å². The Hall–Kier alpha value is -1.10. The molecule has 5 nitrogen and oxygen atoms in total. The number of hydrogen-bond donors (Lipinski definition) is 3. The zero-order valence-corrected chi connectivity index (χ0v) is 9.21. The van der Waals surface area contributed by atoms with Gasteiger partial charge in [0, 0.05) is 12.1 Å². The van der Waals surface area contributed by atoms with Crippen LogP contribution in [-0.2, 0) is 9.59 Å². The van der Waals surface area contributed by atoms with E-state index in [-0.39, 0.29) is 28.8 Å². The number of primary amides is 1. The molecule has 1 saturated carbocycles. The Bertz CT molecular complexity index is 364. The highest BCUT2D eigenvalue weighted by Crippen LogP contribution is 2.49. The van der Waals surface area contributed by atoms with Gasteiger partial charge in [0.15, 0.2) is 0 Å². The minimum atomic E-state index is -0.381. The van der Waals surface area contributed by atoms with Crippen LogP contribution in [0.1, 0.15) is 32.1 Å². The predicted octanol–water partition coefficient (Wildman–Crippen LogP) is -0.737. The summed E-state index contributed by atoms with van der Waals surface area (Å²) in [5.41, 5.74) is 5.00. The van der Waals surface area contributed by atoms with E-state index in [1.54, 1.807) is 0 Å². The monoisotopic (exact) mass is 223 g/mol. The van der Waals surface area contributed by atoms with E-state index in [4.69, 9.17) is 5.73 Å². The summed E-state index contributed by atoms with van der Waals surface area (Å²) in [4.78, 5) is 23.2. The number of nitrogens with one attached hydrogen (secondary N) is 2. The molecule has 4 N–H and O–H groups in total. The summed E-state index contributed by atoms with van der Waals surface area (Å²) < 4.78 is 0. The van der Waals surface area contributed by atoms with Crippen LogP contribution in [0, 0.1) is 5.41 Å². The highest BCUT2D eigenvalue weighted by atomic mass is 16.2. The molecule has 3 aliphatic rings. The molecule has 2 spiro atoms. The maximum atomic E-state index is 12.1. The third-order valence-electron chi connectivity index (χ3n) is 4.42. The predicted molar refractivity (Wildman–Crippen MR) is 57.4 cm³/mol. The number of carbonyl (C=O) groups excluding carboxylic acids is 2. The van der Waals surface area contributed by atoms with Gasteiger partial charge >= 0.3 is 0 Å². The van der Waals surface area contributed by atoms with Gasteiger partial charge in [-0.15, -0.1) is 0 Å². The average molecular weight is 223 g/mol. The van der Waals surface area contributed by atoms with Crippen molar-refractivity contribution in [2.45, 2.75) is 43.7 Å². The molecule has 0 bridgehead atoms. The van der Waals surface area contributed by atoms with Crippen LogP contribution < -0.4 is 16.4 Å². The van der Waals surface area contributed by atoms with Crippen LogP contribution in [0.5, 0.6) is 0 Å². The van der Waals surface area contributed by atoms with Crippen LogP contribution in [0.3, 0.4) is 0 Å². The summed E-state index contributed by atoms with van der Waals surface area (Å²) in [5, 5.41) is 6.19. The van der Waals surface area contributed by atoms with Crippen molar-refractivity contribution >= 4 is 11.8 Å². The second-order valence-corrected chi connectivity index (χ2v) is 5.55. The molecule has 0 aromatic carbocycles. The highest BCUT2D eigenvalue weighted by molar-refractivity contribution is 5.88. The van der Waals surface area contributed by atoms with E-state index in [1.165, 1.54) is 0 Å². The summed E-state index contributed by atoms with van der Waals surface area (Å²) >= 11 is 0.